The number of esters is 2. The zero-order chi connectivity index (χ0) is 73.1. The van der Waals surface area contributed by atoms with Crippen LogP contribution in [0.15, 0.2) is 158 Å². The number of aryl methyl sites for hydroxylation is 1. The lowest BCUT2D eigenvalue weighted by Gasteiger charge is -2.37. The molecule has 9 aromatic rings. The van der Waals surface area contributed by atoms with Crippen LogP contribution in [0.5, 0.6) is 5.75 Å². The first-order chi connectivity index (χ1) is 48.9. The van der Waals surface area contributed by atoms with Crippen LogP contribution in [0.3, 0.4) is 0 Å². The Bertz CT molecular complexity index is 4850. The first kappa shape index (κ1) is 74.5. The van der Waals surface area contributed by atoms with Gasteiger partial charge in [-0.05, 0) is 120 Å². The zero-order valence-electron chi connectivity index (χ0n) is 58.9. The van der Waals surface area contributed by atoms with Gasteiger partial charge in [0.05, 0.1) is 58.8 Å². The Kier molecular flexibility index (Phi) is 24.1. The Labute approximate surface area is 595 Å². The highest BCUT2D eigenvalue weighted by Gasteiger charge is 2.35. The molecule has 0 N–H and O–H groups in total. The summed E-state index contributed by atoms with van der Waals surface area (Å²) in [6.07, 6.45) is 1.07. The molecule has 7 heterocycles. The van der Waals surface area contributed by atoms with Crippen molar-refractivity contribution in [3.05, 3.63) is 203 Å². The van der Waals surface area contributed by atoms with Crippen molar-refractivity contribution >= 4 is 101 Å². The average Bonchev–Trinajstić information content (AvgIpc) is 0.854. The first-order valence-corrected chi connectivity index (χ1v) is 36.5. The maximum atomic E-state index is 13.7. The number of aromatic nitrogens is 3. The van der Waals surface area contributed by atoms with Gasteiger partial charge in [0.2, 0.25) is 0 Å². The van der Waals surface area contributed by atoms with Gasteiger partial charge < -0.3 is 67.1 Å². The number of fused-ring (bicyclic) bond motifs is 3. The summed E-state index contributed by atoms with van der Waals surface area (Å²) in [6, 6.07) is 38.7. The van der Waals surface area contributed by atoms with E-state index in [-0.39, 0.29) is 58.1 Å². The molecular weight excluding hydrogens is 1350 g/mol. The molecule has 0 atom stereocenters. The summed E-state index contributed by atoms with van der Waals surface area (Å²) in [6.45, 7) is 11.3. The average molecular weight is 1430 g/mol. The largest absolute Gasteiger partial charge is 0.497 e. The van der Waals surface area contributed by atoms with Crippen LogP contribution in [-0.2, 0) is 39.4 Å². The van der Waals surface area contributed by atoms with Crippen molar-refractivity contribution in [1.29, 1.82) is 0 Å². The van der Waals surface area contributed by atoms with Crippen LogP contribution >= 0.6 is 11.3 Å². The second-order valence-corrected chi connectivity index (χ2v) is 28.2. The number of hydrogen-bond donors (Lipinski definition) is 0. The topological polar surface area (TPSA) is 239 Å². The van der Waals surface area contributed by atoms with Gasteiger partial charge in [-0.15, -0.1) is 11.3 Å². The zero-order valence-corrected chi connectivity index (χ0v) is 60.6. The summed E-state index contributed by atoms with van der Waals surface area (Å²) in [5.74, 6) is -1.22. The predicted molar refractivity (Wildman–Crippen MR) is 396 cm³/mol. The van der Waals surface area contributed by atoms with Gasteiger partial charge in [-0.25, -0.2) is 22.4 Å². The normalized spacial score (nSPS) is 14.2. The predicted octanol–water partition coefficient (Wildman–Crippen LogP) is 7.52. The number of anilines is 3. The van der Waals surface area contributed by atoms with Gasteiger partial charge in [0.1, 0.15) is 22.7 Å². The molecule has 0 unspecified atom stereocenters. The lowest BCUT2D eigenvalue weighted by molar-refractivity contribution is 0.0514. The molecule has 5 aromatic carbocycles. The van der Waals surface area contributed by atoms with Crippen molar-refractivity contribution in [2.75, 3.05) is 161 Å². The summed E-state index contributed by atoms with van der Waals surface area (Å²) in [4.78, 5) is 121. The molecule has 0 aliphatic carbocycles. The van der Waals surface area contributed by atoms with Gasteiger partial charge in [0, 0.05) is 145 Å². The number of carbonyl (C=O) groups excluding carboxylic acids is 5. The van der Waals surface area contributed by atoms with Crippen molar-refractivity contribution in [3.8, 4) is 5.75 Å². The fraction of sp³-hybridized carbons (Fsp3) is 0.360. The smallest absolute Gasteiger partial charge is 0.345 e. The molecule has 0 bridgehead atoms. The summed E-state index contributed by atoms with van der Waals surface area (Å²) in [5, 5.41) is 4.19. The Morgan fingerprint density at radius 1 is 0.490 bits per heavy atom. The molecule has 538 valence electrons. The maximum Gasteiger partial charge on any atom is 0.345 e. The number of methoxy groups -OCH3 is 1. The lowest BCUT2D eigenvalue weighted by atomic mass is 10.1. The van der Waals surface area contributed by atoms with Crippen molar-refractivity contribution < 1.29 is 51.0 Å². The minimum atomic E-state index is -3.75. The number of nitrogens with zero attached hydrogens (tertiary/aromatic N) is 11. The number of carbonyl (C=O) groups is 5. The number of thiophene rings is 1. The molecule has 3 aliphatic heterocycles. The van der Waals surface area contributed by atoms with E-state index in [0.717, 1.165) is 28.1 Å². The summed E-state index contributed by atoms with van der Waals surface area (Å²) in [7, 11) is 7.18. The number of sulfone groups is 1. The van der Waals surface area contributed by atoms with E-state index in [0.29, 0.717) is 154 Å². The number of halogens is 1. The summed E-state index contributed by atoms with van der Waals surface area (Å²) < 4.78 is 58.9. The number of benzene rings is 5. The third-order valence-corrected chi connectivity index (χ3v) is 20.2. The van der Waals surface area contributed by atoms with Crippen LogP contribution < -0.4 is 36.1 Å². The third kappa shape index (κ3) is 16.4. The third-order valence-electron chi connectivity index (χ3n) is 18.2. The van der Waals surface area contributed by atoms with E-state index >= 15 is 0 Å². The van der Waals surface area contributed by atoms with Crippen LogP contribution in [-0.4, -0.2) is 223 Å². The Morgan fingerprint density at radius 2 is 0.873 bits per heavy atom. The van der Waals surface area contributed by atoms with E-state index < -0.39 is 33.2 Å². The molecule has 0 radical (unpaired) electrons. The Hall–Kier alpha value is -10.2. The molecule has 4 aromatic heterocycles. The van der Waals surface area contributed by atoms with E-state index in [4.69, 9.17) is 14.2 Å². The quantitative estimate of drug-likeness (QED) is 0.0755. The van der Waals surface area contributed by atoms with Gasteiger partial charge in [-0.1, -0.05) is 60.7 Å². The second kappa shape index (κ2) is 33.1. The van der Waals surface area contributed by atoms with Gasteiger partial charge in [0.25, 0.3) is 34.4 Å². The number of likely N-dealkylation sites (N-methyl/N-ethyl adjacent to an activating group) is 2. The molecule has 3 fully saturated rings. The maximum absolute atomic E-state index is 13.7. The summed E-state index contributed by atoms with van der Waals surface area (Å²) in [5.41, 5.74) is 3.58. The number of amides is 3. The highest BCUT2D eigenvalue weighted by atomic mass is 32.2. The molecular formula is C75H86FN11O13S2. The van der Waals surface area contributed by atoms with Crippen LogP contribution in [0.4, 0.5) is 21.5 Å². The van der Waals surface area contributed by atoms with Gasteiger partial charge in [0.15, 0.2) is 14.7 Å². The SMILES string of the molecule is CCOC(=O)c1c(N2CCN(C(=O)c3ccc(F)cc3)CC2)c2ccccc2n(CCN(C)C)c1=O.CCOC(=O)c1c(N2CCN(C(=O)c3ccc(OC)cc3)CC2)c2ccccc2n(CCN(C)C)c1=O.Cn1c(=O)c(S(C)(=O)=O)c(N2CCN(C(=O)c3cccs3)CC2)c2ccccc21. The minimum Gasteiger partial charge on any atom is -0.497 e. The van der Waals surface area contributed by atoms with Crippen molar-refractivity contribution in [2.45, 2.75) is 31.8 Å². The van der Waals surface area contributed by atoms with Gasteiger partial charge >= 0.3 is 11.9 Å². The molecule has 3 saturated heterocycles. The number of piperazine rings is 3. The molecule has 0 spiro atoms. The number of para-hydroxylation sites is 3. The molecule has 24 nitrogen and oxygen atoms in total. The number of pyridine rings is 3. The number of rotatable bonds is 18. The van der Waals surface area contributed by atoms with E-state index in [9.17, 15) is 51.2 Å². The van der Waals surface area contributed by atoms with Crippen LogP contribution in [0.25, 0.3) is 32.7 Å². The lowest BCUT2D eigenvalue weighted by Crippen LogP contribution is -2.49. The molecule has 3 aliphatic rings. The standard InChI is InChI=1S/C28H34N4O5.C27H31FN4O4.C20H21N3O4S2/c1-5-37-28(35)24-25(22-8-6-7-9-23(22)32(27(24)34)19-14-29(2)3)30-15-17-31(18-16-30)26(33)20-10-12-21(36-4)13-11-20;1-4-36-27(35)23-24(21-7-5-6-8-22(21)32(26(23)34)18-13-29(2)3)30-14-16-31(17-15-30)25(33)19-9-11-20(28)12-10-19;1-21-15-7-4-3-6-14(15)17(18(20(21)25)29(2,26)27)22-9-11-23(12-10-22)19(24)16-8-5-13-28-16/h6-13H,5,14-19H2,1-4H3;5-12H,4,13-18H2,1-3H3;3-8,13H,9-12H2,1-2H3. The highest BCUT2D eigenvalue weighted by molar-refractivity contribution is 7.90. The van der Waals surface area contributed by atoms with E-state index in [1.807, 2.05) is 137 Å². The van der Waals surface area contributed by atoms with Gasteiger partial charge in [-0.2, -0.15) is 0 Å². The molecule has 3 amide bonds. The number of hydrogen-bond acceptors (Lipinski definition) is 19. The van der Waals surface area contributed by atoms with Gasteiger partial charge in [-0.3, -0.25) is 28.8 Å². The highest BCUT2D eigenvalue weighted by Crippen LogP contribution is 2.35. The van der Waals surface area contributed by atoms with Crippen molar-refractivity contribution in [1.82, 2.24) is 38.2 Å². The molecule has 102 heavy (non-hydrogen) atoms. The first-order valence-electron chi connectivity index (χ1n) is 33.8. The van der Waals surface area contributed by atoms with Crippen LogP contribution in [0.1, 0.15) is 65.0 Å². The number of ether oxygens (including phenoxy) is 3. The monoisotopic (exact) mass is 1430 g/mol. The van der Waals surface area contributed by atoms with E-state index in [2.05, 4.69) is 0 Å². The molecule has 0 saturated carbocycles. The Morgan fingerprint density at radius 3 is 1.25 bits per heavy atom. The van der Waals surface area contributed by atoms with E-state index in [1.54, 1.807) is 82.2 Å². The van der Waals surface area contributed by atoms with Crippen LogP contribution in [0.2, 0.25) is 0 Å². The fourth-order valence-corrected chi connectivity index (χ4v) is 14.7. The fourth-order valence-electron chi connectivity index (χ4n) is 13.0. The second-order valence-electron chi connectivity index (χ2n) is 25.3. The minimum absolute atomic E-state index is 0.0168. The van der Waals surface area contributed by atoms with Crippen molar-refractivity contribution in [3.63, 3.8) is 0 Å². The molecule has 12 rings (SSSR count). The Balaban J connectivity index is 0.000000166. The molecule has 27 heteroatoms. The van der Waals surface area contributed by atoms with Crippen molar-refractivity contribution in [2.24, 2.45) is 7.05 Å². The van der Waals surface area contributed by atoms with Crippen LogP contribution in [0, 0.1) is 5.82 Å². The van der Waals surface area contributed by atoms with E-state index in [1.165, 1.54) is 40.2 Å². The summed E-state index contributed by atoms with van der Waals surface area (Å²) >= 11 is 1.40.